The Morgan fingerprint density at radius 1 is 0.677 bits per heavy atom. The number of carbonyl (C=O) groups is 1. The molecule has 0 bridgehead atoms. The van der Waals surface area contributed by atoms with Crippen LogP contribution in [-0.4, -0.2) is 5.78 Å². The Morgan fingerprint density at radius 3 is 2.03 bits per heavy atom. The van der Waals surface area contributed by atoms with Crippen LogP contribution in [-0.2, 0) is 12.8 Å². The third-order valence-corrected chi connectivity index (χ3v) is 5.60. The van der Waals surface area contributed by atoms with Gasteiger partial charge >= 0.3 is 0 Å². The van der Waals surface area contributed by atoms with Gasteiger partial charge in [0.15, 0.2) is 5.78 Å². The quantitative estimate of drug-likeness (QED) is 0.167. The van der Waals surface area contributed by atoms with Crippen LogP contribution >= 0.6 is 0 Å². The molecule has 0 aliphatic rings. The highest BCUT2D eigenvalue weighted by Gasteiger charge is 2.04. The zero-order chi connectivity index (χ0) is 21.7. The van der Waals surface area contributed by atoms with Gasteiger partial charge in [0, 0.05) is 5.56 Å². The van der Waals surface area contributed by atoms with Crippen molar-refractivity contribution < 1.29 is 9.18 Å². The Bertz CT molecular complexity index is 958. The van der Waals surface area contributed by atoms with Crippen LogP contribution in [0.1, 0.15) is 65.6 Å². The number of ketones is 1. The van der Waals surface area contributed by atoms with E-state index in [4.69, 9.17) is 0 Å². The molecule has 2 heteroatoms. The first-order chi connectivity index (χ1) is 15.2. The number of hydrogen-bond donors (Lipinski definition) is 0. The Kier molecular flexibility index (Phi) is 9.25. The van der Waals surface area contributed by atoms with Gasteiger partial charge < -0.3 is 0 Å². The molecule has 3 rings (SSSR count). The fourth-order valence-corrected chi connectivity index (χ4v) is 3.80. The highest BCUT2D eigenvalue weighted by Crippen LogP contribution is 2.17. The first-order valence-corrected chi connectivity index (χ1v) is 11.3. The molecule has 0 heterocycles. The Hall–Kier alpha value is -3.00. The second kappa shape index (κ2) is 12.6. The van der Waals surface area contributed by atoms with Gasteiger partial charge in [-0.15, -0.1) is 0 Å². The summed E-state index contributed by atoms with van der Waals surface area (Å²) in [6, 6.07) is 24.6. The van der Waals surface area contributed by atoms with E-state index >= 15 is 0 Å². The SMILES string of the molecule is O=C(/C=C/c1ccccc1CCCCCCCCc1ccccc1)c1ccc(F)cc1. The van der Waals surface area contributed by atoms with Crippen LogP contribution in [0.25, 0.3) is 6.08 Å². The number of carbonyl (C=O) groups excluding carboxylic acids is 1. The van der Waals surface area contributed by atoms with Crippen molar-refractivity contribution in [1.29, 1.82) is 0 Å². The maximum Gasteiger partial charge on any atom is 0.185 e. The minimum absolute atomic E-state index is 0.106. The second-order valence-corrected chi connectivity index (χ2v) is 8.01. The largest absolute Gasteiger partial charge is 0.289 e. The summed E-state index contributed by atoms with van der Waals surface area (Å²) in [4.78, 5) is 12.3. The van der Waals surface area contributed by atoms with Gasteiger partial charge in [0.25, 0.3) is 0 Å². The highest BCUT2D eigenvalue weighted by atomic mass is 19.1. The molecule has 0 aromatic heterocycles. The van der Waals surface area contributed by atoms with E-state index in [0.717, 1.165) is 18.4 Å². The smallest absolute Gasteiger partial charge is 0.185 e. The zero-order valence-corrected chi connectivity index (χ0v) is 18.1. The summed E-state index contributed by atoms with van der Waals surface area (Å²) in [6.45, 7) is 0. The molecule has 0 N–H and O–H groups in total. The summed E-state index contributed by atoms with van der Waals surface area (Å²) in [5.74, 6) is -0.438. The van der Waals surface area contributed by atoms with Crippen molar-refractivity contribution in [2.24, 2.45) is 0 Å². The van der Waals surface area contributed by atoms with Crippen LogP contribution in [0.4, 0.5) is 4.39 Å². The number of rotatable bonds is 12. The number of unbranched alkanes of at least 4 members (excludes halogenated alkanes) is 5. The number of aryl methyl sites for hydroxylation is 2. The van der Waals surface area contributed by atoms with E-state index in [2.05, 4.69) is 42.5 Å². The lowest BCUT2D eigenvalue weighted by molar-refractivity contribution is 0.104. The van der Waals surface area contributed by atoms with Crippen LogP contribution in [0.5, 0.6) is 0 Å². The summed E-state index contributed by atoms with van der Waals surface area (Å²) >= 11 is 0. The van der Waals surface area contributed by atoms with E-state index in [1.54, 1.807) is 6.08 Å². The van der Waals surface area contributed by atoms with Crippen LogP contribution < -0.4 is 0 Å². The molecular formula is C29H31FO. The predicted octanol–water partition coefficient (Wildman–Crippen LogP) is 7.85. The molecule has 0 aliphatic heterocycles. The number of halogens is 1. The number of allylic oxidation sites excluding steroid dienone is 1. The van der Waals surface area contributed by atoms with Crippen LogP contribution in [0, 0.1) is 5.82 Å². The average Bonchev–Trinajstić information content (AvgIpc) is 2.81. The molecule has 31 heavy (non-hydrogen) atoms. The molecule has 160 valence electrons. The number of benzene rings is 3. The predicted molar refractivity (Wildman–Crippen MR) is 128 cm³/mol. The van der Waals surface area contributed by atoms with E-state index in [1.165, 1.54) is 73.9 Å². The molecule has 0 saturated heterocycles. The van der Waals surface area contributed by atoms with Crippen molar-refractivity contribution in [2.45, 2.75) is 51.4 Å². The van der Waals surface area contributed by atoms with E-state index < -0.39 is 0 Å². The summed E-state index contributed by atoms with van der Waals surface area (Å²) in [7, 11) is 0. The fraction of sp³-hybridized carbons (Fsp3) is 0.276. The molecule has 1 nitrogen and oxygen atoms in total. The van der Waals surface area contributed by atoms with E-state index in [-0.39, 0.29) is 11.6 Å². The Labute approximate surface area is 185 Å². The zero-order valence-electron chi connectivity index (χ0n) is 18.1. The molecule has 0 saturated carbocycles. The first kappa shape index (κ1) is 22.7. The topological polar surface area (TPSA) is 17.1 Å². The van der Waals surface area contributed by atoms with Gasteiger partial charge in [-0.25, -0.2) is 4.39 Å². The standard InChI is InChI=1S/C29H31FO/c30-28-21-18-27(19-22-28)29(31)23-20-26-17-11-10-16-25(26)15-9-4-2-1-3-6-12-24-13-7-5-8-14-24/h5,7-8,10-11,13-14,16-23H,1-4,6,9,12,15H2/b23-20+. The molecule has 0 aliphatic carbocycles. The van der Waals surface area contributed by atoms with E-state index in [9.17, 15) is 9.18 Å². The molecule has 0 atom stereocenters. The Morgan fingerprint density at radius 2 is 1.29 bits per heavy atom. The van der Waals surface area contributed by atoms with Crippen molar-refractivity contribution in [1.82, 2.24) is 0 Å². The monoisotopic (exact) mass is 414 g/mol. The lowest BCUT2D eigenvalue weighted by Gasteiger charge is -2.06. The first-order valence-electron chi connectivity index (χ1n) is 11.3. The third-order valence-electron chi connectivity index (χ3n) is 5.60. The van der Waals surface area contributed by atoms with Gasteiger partial charge in [-0.3, -0.25) is 4.79 Å². The van der Waals surface area contributed by atoms with Crippen LogP contribution in [0.2, 0.25) is 0 Å². The minimum Gasteiger partial charge on any atom is -0.289 e. The summed E-state index contributed by atoms with van der Waals surface area (Å²) in [5.41, 5.74) is 4.29. The van der Waals surface area contributed by atoms with Crippen LogP contribution in [0.15, 0.2) is 84.9 Å². The van der Waals surface area contributed by atoms with Crippen molar-refractivity contribution in [3.8, 4) is 0 Å². The molecule has 0 unspecified atom stereocenters. The van der Waals surface area contributed by atoms with Crippen LogP contribution in [0.3, 0.4) is 0 Å². The fourth-order valence-electron chi connectivity index (χ4n) is 3.80. The van der Waals surface area contributed by atoms with Gasteiger partial charge in [0.2, 0.25) is 0 Å². The van der Waals surface area contributed by atoms with Gasteiger partial charge in [0.05, 0.1) is 0 Å². The van der Waals surface area contributed by atoms with Gasteiger partial charge in [-0.2, -0.15) is 0 Å². The lowest BCUT2D eigenvalue weighted by Crippen LogP contribution is -1.95. The van der Waals surface area contributed by atoms with E-state index in [0.29, 0.717) is 5.56 Å². The molecule has 3 aromatic rings. The summed E-state index contributed by atoms with van der Waals surface area (Å²) in [5, 5.41) is 0. The van der Waals surface area contributed by atoms with Crippen molar-refractivity contribution >= 4 is 11.9 Å². The molecular weight excluding hydrogens is 383 g/mol. The van der Waals surface area contributed by atoms with Gasteiger partial charge in [-0.1, -0.05) is 86.4 Å². The number of hydrogen-bond acceptors (Lipinski definition) is 1. The van der Waals surface area contributed by atoms with Gasteiger partial charge in [0.1, 0.15) is 5.82 Å². The van der Waals surface area contributed by atoms with Crippen molar-refractivity contribution in [2.75, 3.05) is 0 Å². The summed E-state index contributed by atoms with van der Waals surface area (Å²) < 4.78 is 13.0. The lowest BCUT2D eigenvalue weighted by atomic mass is 9.99. The third kappa shape index (κ3) is 7.97. The molecule has 0 amide bonds. The highest BCUT2D eigenvalue weighted by molar-refractivity contribution is 6.06. The van der Waals surface area contributed by atoms with E-state index in [1.807, 2.05) is 18.2 Å². The maximum absolute atomic E-state index is 13.0. The summed E-state index contributed by atoms with van der Waals surface area (Å²) in [6.07, 6.45) is 13.2. The minimum atomic E-state index is -0.331. The van der Waals surface area contributed by atoms with Gasteiger partial charge in [-0.05, 0) is 72.7 Å². The Balaban J connectivity index is 1.38. The van der Waals surface area contributed by atoms with Crippen molar-refractivity contribution in [3.05, 3.63) is 113 Å². The van der Waals surface area contributed by atoms with Crippen molar-refractivity contribution in [3.63, 3.8) is 0 Å². The second-order valence-electron chi connectivity index (χ2n) is 8.01. The molecule has 0 fully saturated rings. The average molecular weight is 415 g/mol. The molecule has 3 aromatic carbocycles. The molecule has 0 radical (unpaired) electrons. The maximum atomic E-state index is 13.0. The molecule has 0 spiro atoms. The normalized spacial score (nSPS) is 11.1.